The summed E-state index contributed by atoms with van der Waals surface area (Å²) in [5.41, 5.74) is -0.159. The van der Waals surface area contributed by atoms with Crippen molar-refractivity contribution in [3.05, 3.63) is 17.5 Å². The molecule has 19 heavy (non-hydrogen) atoms. The highest BCUT2D eigenvalue weighted by molar-refractivity contribution is 7.14. The second-order valence-corrected chi connectivity index (χ2v) is 7.16. The van der Waals surface area contributed by atoms with Crippen LogP contribution in [0.15, 0.2) is 17.5 Å². The van der Waals surface area contributed by atoms with Crippen LogP contribution in [-0.2, 0) is 4.74 Å². The summed E-state index contributed by atoms with van der Waals surface area (Å²) in [6, 6.07) is 3.98. The van der Waals surface area contributed by atoms with Gasteiger partial charge in [-0.3, -0.25) is 9.80 Å². The van der Waals surface area contributed by atoms with E-state index in [1.165, 1.54) is 0 Å². The molecule has 5 rings (SSSR count). The number of carbonyl (C=O) groups excluding carboxylic acids is 1. The Morgan fingerprint density at radius 3 is 2.74 bits per heavy atom. The maximum atomic E-state index is 12.3. The number of piperidine rings is 3. The molecule has 2 bridgehead atoms. The summed E-state index contributed by atoms with van der Waals surface area (Å²) >= 11 is 1.60. The number of thiophene rings is 1. The van der Waals surface area contributed by atoms with Gasteiger partial charge in [0.15, 0.2) is 0 Å². The zero-order valence-electron chi connectivity index (χ0n) is 11.1. The van der Waals surface area contributed by atoms with Gasteiger partial charge in [0.2, 0.25) is 0 Å². The predicted octanol–water partition coefficient (Wildman–Crippen LogP) is 2.56. The van der Waals surface area contributed by atoms with Crippen LogP contribution in [0.2, 0.25) is 0 Å². The molecule has 1 unspecified atom stereocenters. The summed E-state index contributed by atoms with van der Waals surface area (Å²) in [4.78, 5) is 16.5. The van der Waals surface area contributed by atoms with Crippen LogP contribution in [0.1, 0.15) is 19.8 Å². The molecule has 0 N–H and O–H groups in total. The molecular weight excluding hydrogens is 260 g/mol. The highest BCUT2D eigenvalue weighted by Crippen LogP contribution is 2.52. The van der Waals surface area contributed by atoms with E-state index in [0.29, 0.717) is 6.54 Å². The molecule has 0 saturated carbocycles. The molecule has 4 aliphatic rings. The van der Waals surface area contributed by atoms with Crippen LogP contribution in [0, 0.1) is 5.41 Å². The Morgan fingerprint density at radius 1 is 1.32 bits per heavy atom. The third-order valence-corrected chi connectivity index (χ3v) is 6.12. The molecule has 1 aromatic heterocycles. The number of carbonyl (C=O) groups is 1. The first-order chi connectivity index (χ1) is 9.12. The van der Waals surface area contributed by atoms with Crippen LogP contribution < -0.4 is 4.90 Å². The van der Waals surface area contributed by atoms with Crippen molar-refractivity contribution in [3.8, 4) is 0 Å². The summed E-state index contributed by atoms with van der Waals surface area (Å²) in [7, 11) is 0. The first-order valence-corrected chi connectivity index (χ1v) is 7.76. The molecule has 1 amide bonds. The number of nitrogens with zero attached hydrogens (tertiary/aromatic N) is 2. The molecule has 5 heterocycles. The molecule has 102 valence electrons. The highest BCUT2D eigenvalue weighted by atomic mass is 32.1. The standard InChI is InChI=1S/C14H18N2O2S/c1-13-4-6-15(7-5-13)9-14(13)10-16(12(17)18-14)11-3-2-8-19-11/h2-3,8H,4-7,9-10H2,1H3. The number of anilines is 1. The van der Waals surface area contributed by atoms with Gasteiger partial charge in [0.1, 0.15) is 10.6 Å². The van der Waals surface area contributed by atoms with Crippen molar-refractivity contribution in [3.63, 3.8) is 0 Å². The van der Waals surface area contributed by atoms with Gasteiger partial charge in [-0.05, 0) is 43.4 Å². The van der Waals surface area contributed by atoms with E-state index < -0.39 is 0 Å². The molecule has 0 aromatic carbocycles. The zero-order valence-corrected chi connectivity index (χ0v) is 11.9. The van der Waals surface area contributed by atoms with Crippen LogP contribution >= 0.6 is 11.3 Å². The lowest BCUT2D eigenvalue weighted by Gasteiger charge is -2.56. The number of rotatable bonds is 1. The smallest absolute Gasteiger partial charge is 0.415 e. The van der Waals surface area contributed by atoms with Crippen LogP contribution in [0.3, 0.4) is 0 Å². The van der Waals surface area contributed by atoms with E-state index in [2.05, 4.69) is 11.8 Å². The van der Waals surface area contributed by atoms with Gasteiger partial charge < -0.3 is 4.74 Å². The van der Waals surface area contributed by atoms with E-state index in [0.717, 1.165) is 37.5 Å². The first-order valence-electron chi connectivity index (χ1n) is 6.88. The topological polar surface area (TPSA) is 32.8 Å². The number of hydrogen-bond acceptors (Lipinski definition) is 4. The molecule has 4 fully saturated rings. The second kappa shape index (κ2) is 3.73. The Hall–Kier alpha value is -1.07. The Balaban J connectivity index is 1.69. The van der Waals surface area contributed by atoms with Gasteiger partial charge in [0, 0.05) is 12.0 Å². The van der Waals surface area contributed by atoms with E-state index in [1.807, 2.05) is 22.4 Å². The normalized spacial score (nSPS) is 41.0. The van der Waals surface area contributed by atoms with Gasteiger partial charge in [-0.1, -0.05) is 6.92 Å². The van der Waals surface area contributed by atoms with Crippen LogP contribution in [-0.4, -0.2) is 42.8 Å². The zero-order chi connectivity index (χ0) is 13.1. The average Bonchev–Trinajstić information content (AvgIpc) is 3.00. The molecule has 0 radical (unpaired) electrons. The Bertz CT molecular complexity index is 508. The van der Waals surface area contributed by atoms with Crippen LogP contribution in [0.5, 0.6) is 0 Å². The fraction of sp³-hybridized carbons (Fsp3) is 0.643. The van der Waals surface area contributed by atoms with Crippen molar-refractivity contribution in [2.45, 2.75) is 25.4 Å². The summed E-state index contributed by atoms with van der Waals surface area (Å²) in [5, 5.41) is 3.01. The molecule has 1 aromatic rings. The highest BCUT2D eigenvalue weighted by Gasteiger charge is 2.62. The molecule has 4 nitrogen and oxygen atoms in total. The molecule has 5 heteroatoms. The van der Waals surface area contributed by atoms with E-state index in [4.69, 9.17) is 4.74 Å². The van der Waals surface area contributed by atoms with Gasteiger partial charge in [-0.15, -0.1) is 11.3 Å². The van der Waals surface area contributed by atoms with E-state index in [9.17, 15) is 4.79 Å². The number of hydrogen-bond donors (Lipinski definition) is 0. The maximum absolute atomic E-state index is 12.3. The van der Waals surface area contributed by atoms with Crippen molar-refractivity contribution in [1.82, 2.24) is 4.90 Å². The molecule has 4 saturated heterocycles. The van der Waals surface area contributed by atoms with Crippen molar-refractivity contribution in [2.24, 2.45) is 5.41 Å². The lowest BCUT2D eigenvalue weighted by Crippen LogP contribution is -2.66. The lowest BCUT2D eigenvalue weighted by molar-refractivity contribution is -0.143. The second-order valence-electron chi connectivity index (χ2n) is 6.24. The van der Waals surface area contributed by atoms with E-state index in [-0.39, 0.29) is 17.1 Å². The van der Waals surface area contributed by atoms with Crippen LogP contribution in [0.25, 0.3) is 0 Å². The van der Waals surface area contributed by atoms with Crippen molar-refractivity contribution < 1.29 is 9.53 Å². The lowest BCUT2D eigenvalue weighted by atomic mass is 9.63. The minimum Gasteiger partial charge on any atom is -0.439 e. The predicted molar refractivity (Wildman–Crippen MR) is 74.7 cm³/mol. The Kier molecular flexibility index (Phi) is 2.30. The SMILES string of the molecule is CC12CCN(CC1)CC21CN(c2cccs2)C(=O)O1. The van der Waals surface area contributed by atoms with E-state index >= 15 is 0 Å². The van der Waals surface area contributed by atoms with Crippen molar-refractivity contribution >= 4 is 22.4 Å². The Morgan fingerprint density at radius 2 is 2.11 bits per heavy atom. The van der Waals surface area contributed by atoms with Gasteiger partial charge in [-0.2, -0.15) is 0 Å². The summed E-state index contributed by atoms with van der Waals surface area (Å²) in [6.07, 6.45) is 2.11. The summed E-state index contributed by atoms with van der Waals surface area (Å²) in [5.74, 6) is 0. The van der Waals surface area contributed by atoms with Crippen molar-refractivity contribution in [1.29, 1.82) is 0 Å². The Labute approximate surface area is 116 Å². The van der Waals surface area contributed by atoms with Gasteiger partial charge >= 0.3 is 6.09 Å². The fourth-order valence-electron chi connectivity index (χ4n) is 3.77. The monoisotopic (exact) mass is 278 g/mol. The van der Waals surface area contributed by atoms with Gasteiger partial charge in [0.05, 0.1) is 6.54 Å². The molecule has 0 aliphatic carbocycles. The van der Waals surface area contributed by atoms with Crippen LogP contribution in [0.4, 0.5) is 9.80 Å². The molecule has 1 atom stereocenters. The quantitative estimate of drug-likeness (QED) is 0.791. The number of ether oxygens (including phenoxy) is 1. The third kappa shape index (κ3) is 1.51. The maximum Gasteiger partial charge on any atom is 0.415 e. The number of fused-ring (bicyclic) bond motifs is 2. The number of amides is 1. The van der Waals surface area contributed by atoms with Gasteiger partial charge in [0.25, 0.3) is 0 Å². The minimum absolute atomic E-state index is 0.142. The molecular formula is C14H18N2O2S. The average molecular weight is 278 g/mol. The van der Waals surface area contributed by atoms with Gasteiger partial charge in [-0.25, -0.2) is 4.79 Å². The first kappa shape index (κ1) is 11.7. The summed E-state index contributed by atoms with van der Waals surface area (Å²) < 4.78 is 5.92. The third-order valence-electron chi connectivity index (χ3n) is 5.23. The van der Waals surface area contributed by atoms with E-state index in [1.54, 1.807) is 11.3 Å². The van der Waals surface area contributed by atoms with Crippen molar-refractivity contribution in [2.75, 3.05) is 31.1 Å². The summed E-state index contributed by atoms with van der Waals surface area (Å²) in [6.45, 7) is 6.20. The largest absolute Gasteiger partial charge is 0.439 e. The minimum atomic E-state index is -0.301. The molecule has 1 spiro atoms. The fourth-order valence-corrected chi connectivity index (χ4v) is 4.49. The molecule has 4 aliphatic heterocycles.